The van der Waals surface area contributed by atoms with Crippen LogP contribution in [0.1, 0.15) is 10.4 Å². The van der Waals surface area contributed by atoms with Crippen LogP contribution in [0.2, 0.25) is 0 Å². The molecule has 2 aromatic rings. The highest BCUT2D eigenvalue weighted by Crippen LogP contribution is 2.25. The smallest absolute Gasteiger partial charge is 0.263 e. The van der Waals surface area contributed by atoms with Crippen molar-refractivity contribution >= 4 is 27.0 Å². The van der Waals surface area contributed by atoms with Crippen molar-refractivity contribution in [1.29, 1.82) is 0 Å². The van der Waals surface area contributed by atoms with Crippen molar-refractivity contribution in [2.24, 2.45) is 5.73 Å². The quantitative estimate of drug-likeness (QED) is 0.817. The fourth-order valence-electron chi connectivity index (χ4n) is 1.97. The third-order valence-electron chi connectivity index (χ3n) is 3.02. The van der Waals surface area contributed by atoms with Gasteiger partial charge in [0.25, 0.3) is 10.0 Å². The maximum absolute atomic E-state index is 12.5. The average molecular weight is 326 g/mol. The van der Waals surface area contributed by atoms with Gasteiger partial charge in [0.05, 0.1) is 12.3 Å². The summed E-state index contributed by atoms with van der Waals surface area (Å²) in [4.78, 5) is 0.897. The van der Waals surface area contributed by atoms with Crippen molar-refractivity contribution < 1.29 is 13.2 Å². The number of ether oxygens (including phenoxy) is 1. The molecule has 7 heteroatoms. The minimum Gasteiger partial charge on any atom is -0.384 e. The topological polar surface area (TPSA) is 81.4 Å². The summed E-state index contributed by atoms with van der Waals surface area (Å²) < 4.78 is 32.6. The van der Waals surface area contributed by atoms with Gasteiger partial charge >= 0.3 is 0 Å². The number of para-hydroxylation sites is 1. The zero-order chi connectivity index (χ0) is 15.3. The fourth-order valence-corrected chi connectivity index (χ4v) is 4.40. The molecule has 0 fully saturated rings. The van der Waals surface area contributed by atoms with Gasteiger partial charge in [0.1, 0.15) is 4.90 Å². The largest absolute Gasteiger partial charge is 0.384 e. The maximum Gasteiger partial charge on any atom is 0.263 e. The van der Waals surface area contributed by atoms with Crippen LogP contribution in [0.4, 0.5) is 5.69 Å². The summed E-state index contributed by atoms with van der Waals surface area (Å²) in [5.74, 6) is 0. The number of methoxy groups -OCH3 is 1. The SMILES string of the molecule is COCCc1ccccc1NS(=O)(=O)c1ccsc1CN. The summed E-state index contributed by atoms with van der Waals surface area (Å²) in [6.07, 6.45) is 0.641. The molecule has 1 aromatic carbocycles. The monoisotopic (exact) mass is 326 g/mol. The average Bonchev–Trinajstić information content (AvgIpc) is 2.95. The number of hydrogen-bond donors (Lipinski definition) is 2. The number of sulfonamides is 1. The third-order valence-corrected chi connectivity index (χ3v) is 5.54. The summed E-state index contributed by atoms with van der Waals surface area (Å²) in [6, 6.07) is 8.88. The second-order valence-corrected chi connectivity index (χ2v) is 7.07. The van der Waals surface area contributed by atoms with Crippen molar-refractivity contribution in [2.75, 3.05) is 18.4 Å². The molecule has 21 heavy (non-hydrogen) atoms. The molecule has 0 aliphatic rings. The molecule has 1 aromatic heterocycles. The van der Waals surface area contributed by atoms with Crippen LogP contribution in [0.5, 0.6) is 0 Å². The first-order valence-electron chi connectivity index (χ1n) is 6.44. The first-order chi connectivity index (χ1) is 10.1. The maximum atomic E-state index is 12.5. The molecular weight excluding hydrogens is 308 g/mol. The van der Waals surface area contributed by atoms with Crippen LogP contribution in [0.25, 0.3) is 0 Å². The van der Waals surface area contributed by atoms with Gasteiger partial charge in [0.2, 0.25) is 0 Å². The van der Waals surface area contributed by atoms with Crippen molar-refractivity contribution in [3.63, 3.8) is 0 Å². The van der Waals surface area contributed by atoms with E-state index in [4.69, 9.17) is 10.5 Å². The van der Waals surface area contributed by atoms with E-state index in [9.17, 15) is 8.42 Å². The Kier molecular flexibility index (Phi) is 5.35. The molecule has 0 unspecified atom stereocenters. The molecule has 0 atom stereocenters. The van der Waals surface area contributed by atoms with E-state index in [2.05, 4.69) is 4.72 Å². The third kappa shape index (κ3) is 3.82. The van der Waals surface area contributed by atoms with Gasteiger partial charge in [-0.1, -0.05) is 18.2 Å². The van der Waals surface area contributed by atoms with E-state index >= 15 is 0 Å². The lowest BCUT2D eigenvalue weighted by Gasteiger charge is -2.12. The van der Waals surface area contributed by atoms with Crippen LogP contribution in [0, 0.1) is 0 Å². The number of nitrogens with one attached hydrogen (secondary N) is 1. The van der Waals surface area contributed by atoms with Crippen LogP contribution in [0.3, 0.4) is 0 Å². The summed E-state index contributed by atoms with van der Waals surface area (Å²) in [7, 11) is -2.00. The summed E-state index contributed by atoms with van der Waals surface area (Å²) in [5.41, 5.74) is 7.05. The molecule has 114 valence electrons. The Morgan fingerprint density at radius 3 is 2.76 bits per heavy atom. The lowest BCUT2D eigenvalue weighted by molar-refractivity contribution is 0.202. The lowest BCUT2D eigenvalue weighted by Crippen LogP contribution is -2.16. The molecule has 0 aliphatic heterocycles. The van der Waals surface area contributed by atoms with E-state index < -0.39 is 10.0 Å². The van der Waals surface area contributed by atoms with Gasteiger partial charge < -0.3 is 10.5 Å². The highest BCUT2D eigenvalue weighted by Gasteiger charge is 2.20. The van der Waals surface area contributed by atoms with E-state index in [0.717, 1.165) is 5.56 Å². The van der Waals surface area contributed by atoms with Crippen molar-refractivity contribution in [2.45, 2.75) is 17.9 Å². The molecule has 0 saturated heterocycles. The molecule has 0 amide bonds. The van der Waals surface area contributed by atoms with Gasteiger partial charge in [-0.25, -0.2) is 8.42 Å². The zero-order valence-corrected chi connectivity index (χ0v) is 13.3. The molecule has 0 radical (unpaired) electrons. The standard InChI is InChI=1S/C14H18N2O3S2/c1-19-8-6-11-4-2-3-5-12(11)16-21(17,18)14-7-9-20-13(14)10-15/h2-5,7,9,16H,6,8,10,15H2,1H3. The second kappa shape index (κ2) is 7.04. The molecule has 5 nitrogen and oxygen atoms in total. The van der Waals surface area contributed by atoms with E-state index in [0.29, 0.717) is 23.6 Å². The van der Waals surface area contributed by atoms with Crippen LogP contribution < -0.4 is 10.5 Å². The first-order valence-corrected chi connectivity index (χ1v) is 8.81. The van der Waals surface area contributed by atoms with E-state index in [-0.39, 0.29) is 11.4 Å². The van der Waals surface area contributed by atoms with E-state index in [1.54, 1.807) is 30.7 Å². The van der Waals surface area contributed by atoms with Gasteiger partial charge in [-0.05, 0) is 29.5 Å². The summed E-state index contributed by atoms with van der Waals surface area (Å²) in [6.45, 7) is 0.741. The van der Waals surface area contributed by atoms with Crippen LogP contribution in [0.15, 0.2) is 40.6 Å². The first kappa shape index (κ1) is 16.0. The minimum absolute atomic E-state index is 0.208. The van der Waals surface area contributed by atoms with Crippen LogP contribution in [-0.4, -0.2) is 22.1 Å². The number of nitrogens with two attached hydrogens (primary N) is 1. The van der Waals surface area contributed by atoms with Gasteiger partial charge in [0.15, 0.2) is 0 Å². The van der Waals surface area contributed by atoms with Gasteiger partial charge in [-0.2, -0.15) is 0 Å². The number of hydrogen-bond acceptors (Lipinski definition) is 5. The molecule has 1 heterocycles. The molecule has 3 N–H and O–H groups in total. The fraction of sp³-hybridized carbons (Fsp3) is 0.286. The van der Waals surface area contributed by atoms with Crippen molar-refractivity contribution in [3.8, 4) is 0 Å². The van der Waals surface area contributed by atoms with Crippen LogP contribution >= 0.6 is 11.3 Å². The summed E-state index contributed by atoms with van der Waals surface area (Å²) >= 11 is 1.34. The Bertz CT molecular complexity index is 696. The van der Waals surface area contributed by atoms with E-state index in [1.807, 2.05) is 12.1 Å². The summed E-state index contributed by atoms with van der Waals surface area (Å²) in [5, 5.41) is 1.73. The Labute approximate surface area is 128 Å². The van der Waals surface area contributed by atoms with Gasteiger partial charge in [-0.3, -0.25) is 4.72 Å². The highest BCUT2D eigenvalue weighted by atomic mass is 32.2. The second-order valence-electron chi connectivity index (χ2n) is 4.42. The number of benzene rings is 1. The molecular formula is C14H18N2O3S2. The number of anilines is 1. The zero-order valence-electron chi connectivity index (χ0n) is 11.7. The predicted octanol–water partition coefficient (Wildman–Crippen LogP) is 2.20. The Hall–Kier alpha value is -1.41. The van der Waals surface area contributed by atoms with Crippen molar-refractivity contribution in [3.05, 3.63) is 46.2 Å². The Morgan fingerprint density at radius 2 is 2.05 bits per heavy atom. The Balaban J connectivity index is 2.29. The molecule has 0 spiro atoms. The van der Waals surface area contributed by atoms with Gasteiger partial charge in [0, 0.05) is 18.5 Å². The van der Waals surface area contributed by atoms with Gasteiger partial charge in [-0.15, -0.1) is 11.3 Å². The highest BCUT2D eigenvalue weighted by molar-refractivity contribution is 7.93. The molecule has 0 bridgehead atoms. The molecule has 0 saturated carbocycles. The number of thiophene rings is 1. The molecule has 2 rings (SSSR count). The minimum atomic E-state index is -3.62. The van der Waals surface area contributed by atoms with E-state index in [1.165, 1.54) is 11.3 Å². The number of rotatable bonds is 7. The Morgan fingerprint density at radius 1 is 1.29 bits per heavy atom. The molecule has 0 aliphatic carbocycles. The normalized spacial score (nSPS) is 11.5. The van der Waals surface area contributed by atoms with Crippen molar-refractivity contribution in [1.82, 2.24) is 0 Å². The lowest BCUT2D eigenvalue weighted by atomic mass is 10.1. The predicted molar refractivity (Wildman–Crippen MR) is 85.0 cm³/mol. The van der Waals surface area contributed by atoms with Crippen LogP contribution in [-0.2, 0) is 27.7 Å².